The lowest BCUT2D eigenvalue weighted by Gasteiger charge is -2.17. The second kappa shape index (κ2) is 8.61. The molecule has 0 spiro atoms. The predicted octanol–water partition coefficient (Wildman–Crippen LogP) is 5.12. The zero-order valence-corrected chi connectivity index (χ0v) is 16.7. The fraction of sp³-hybridized carbons (Fsp3) is 0.125. The maximum Gasteiger partial charge on any atom is 0.265 e. The molecule has 1 heterocycles. The van der Waals surface area contributed by atoms with Crippen LogP contribution in [0.15, 0.2) is 83.3 Å². The van der Waals surface area contributed by atoms with Crippen LogP contribution in [0.4, 0.5) is 5.69 Å². The quantitative estimate of drug-likeness (QED) is 0.487. The molecule has 0 aliphatic rings. The lowest BCUT2D eigenvalue weighted by atomic mass is 10.2. The standard InChI is InChI=1S/C24H21N3O3/c1-16-10-6-8-14-20(16)25-22(28)17(2)29-21-15-9-7-13-19(21)24-27-26-23(30-24)18-11-4-3-5-12-18/h3-15,17H,1-2H3,(H,25,28)/t17-/m1/s1. The fourth-order valence-electron chi connectivity index (χ4n) is 2.97. The third-order valence-corrected chi connectivity index (χ3v) is 4.64. The molecule has 0 bridgehead atoms. The number of carbonyl (C=O) groups is 1. The molecule has 0 saturated heterocycles. The Morgan fingerprint density at radius 3 is 2.37 bits per heavy atom. The molecule has 0 unspecified atom stereocenters. The number of anilines is 1. The summed E-state index contributed by atoms with van der Waals surface area (Å²) >= 11 is 0. The molecule has 150 valence electrons. The number of hydrogen-bond donors (Lipinski definition) is 1. The maximum absolute atomic E-state index is 12.6. The van der Waals surface area contributed by atoms with Gasteiger partial charge in [0, 0.05) is 11.3 Å². The number of hydrogen-bond acceptors (Lipinski definition) is 5. The molecule has 1 N–H and O–H groups in total. The minimum Gasteiger partial charge on any atom is -0.480 e. The summed E-state index contributed by atoms with van der Waals surface area (Å²) in [4.78, 5) is 12.6. The van der Waals surface area contributed by atoms with Gasteiger partial charge in [-0.1, -0.05) is 48.5 Å². The first-order chi connectivity index (χ1) is 14.6. The number of nitrogens with one attached hydrogen (secondary N) is 1. The van der Waals surface area contributed by atoms with Crippen molar-refractivity contribution in [2.24, 2.45) is 0 Å². The molecule has 0 saturated carbocycles. The van der Waals surface area contributed by atoms with Crippen LogP contribution < -0.4 is 10.1 Å². The zero-order chi connectivity index (χ0) is 20.9. The summed E-state index contributed by atoms with van der Waals surface area (Å²) in [6, 6.07) is 24.4. The Hall–Kier alpha value is -3.93. The number of carbonyl (C=O) groups excluding carboxylic acids is 1. The van der Waals surface area contributed by atoms with Gasteiger partial charge in [-0.25, -0.2) is 0 Å². The third kappa shape index (κ3) is 4.22. The first-order valence-electron chi connectivity index (χ1n) is 9.63. The van der Waals surface area contributed by atoms with Crippen LogP contribution >= 0.6 is 0 Å². The van der Waals surface area contributed by atoms with Gasteiger partial charge < -0.3 is 14.5 Å². The molecule has 0 radical (unpaired) electrons. The van der Waals surface area contributed by atoms with Gasteiger partial charge in [-0.05, 0) is 49.7 Å². The van der Waals surface area contributed by atoms with Crippen LogP contribution in [0, 0.1) is 6.92 Å². The molecular formula is C24H21N3O3. The van der Waals surface area contributed by atoms with E-state index in [1.54, 1.807) is 13.0 Å². The van der Waals surface area contributed by atoms with Crippen molar-refractivity contribution in [3.8, 4) is 28.7 Å². The van der Waals surface area contributed by atoms with E-state index in [2.05, 4.69) is 15.5 Å². The van der Waals surface area contributed by atoms with Crippen molar-refractivity contribution < 1.29 is 13.9 Å². The molecule has 0 aliphatic heterocycles. The van der Waals surface area contributed by atoms with Crippen molar-refractivity contribution in [2.75, 3.05) is 5.32 Å². The maximum atomic E-state index is 12.6. The molecule has 3 aromatic carbocycles. The molecule has 0 fully saturated rings. The van der Waals surface area contributed by atoms with Crippen molar-refractivity contribution in [3.05, 3.63) is 84.4 Å². The molecular weight excluding hydrogens is 378 g/mol. The number of aromatic nitrogens is 2. The Balaban J connectivity index is 1.53. The number of amides is 1. The largest absolute Gasteiger partial charge is 0.480 e. The van der Waals surface area contributed by atoms with E-state index in [0.717, 1.165) is 16.8 Å². The highest BCUT2D eigenvalue weighted by molar-refractivity contribution is 5.94. The molecule has 1 aromatic heterocycles. The van der Waals surface area contributed by atoms with Crippen LogP contribution in [0.5, 0.6) is 5.75 Å². The fourth-order valence-corrected chi connectivity index (χ4v) is 2.97. The lowest BCUT2D eigenvalue weighted by molar-refractivity contribution is -0.122. The Bertz CT molecular complexity index is 1160. The summed E-state index contributed by atoms with van der Waals surface area (Å²) in [7, 11) is 0. The van der Waals surface area contributed by atoms with Crippen LogP contribution in [0.2, 0.25) is 0 Å². The van der Waals surface area contributed by atoms with Crippen molar-refractivity contribution in [1.29, 1.82) is 0 Å². The monoisotopic (exact) mass is 399 g/mol. The van der Waals surface area contributed by atoms with Gasteiger partial charge in [-0.15, -0.1) is 10.2 Å². The summed E-state index contributed by atoms with van der Waals surface area (Å²) in [5.41, 5.74) is 3.21. The summed E-state index contributed by atoms with van der Waals surface area (Å²) < 4.78 is 11.8. The molecule has 4 aromatic rings. The van der Waals surface area contributed by atoms with Gasteiger partial charge in [0.1, 0.15) is 5.75 Å². The van der Waals surface area contributed by atoms with Crippen molar-refractivity contribution >= 4 is 11.6 Å². The van der Waals surface area contributed by atoms with Crippen LogP contribution in [-0.2, 0) is 4.79 Å². The molecule has 0 aliphatic carbocycles. The number of nitrogens with zero attached hydrogens (tertiary/aromatic N) is 2. The van der Waals surface area contributed by atoms with Gasteiger partial charge >= 0.3 is 0 Å². The number of para-hydroxylation sites is 2. The Labute approximate surface area is 174 Å². The highest BCUT2D eigenvalue weighted by Crippen LogP contribution is 2.31. The first kappa shape index (κ1) is 19.4. The second-order valence-corrected chi connectivity index (χ2v) is 6.84. The first-order valence-corrected chi connectivity index (χ1v) is 9.63. The van der Waals surface area contributed by atoms with Crippen LogP contribution in [0.3, 0.4) is 0 Å². The van der Waals surface area contributed by atoms with Gasteiger partial charge in [0.2, 0.25) is 5.89 Å². The Kier molecular flexibility index (Phi) is 5.57. The van der Waals surface area contributed by atoms with Gasteiger partial charge in [-0.2, -0.15) is 0 Å². The molecule has 4 rings (SSSR count). The molecule has 6 nitrogen and oxygen atoms in total. The average Bonchev–Trinajstić information content (AvgIpc) is 3.26. The molecule has 1 amide bonds. The van der Waals surface area contributed by atoms with E-state index in [1.165, 1.54) is 0 Å². The minimum absolute atomic E-state index is 0.241. The molecule has 30 heavy (non-hydrogen) atoms. The van der Waals surface area contributed by atoms with E-state index >= 15 is 0 Å². The number of ether oxygens (including phenoxy) is 1. The van der Waals surface area contributed by atoms with E-state index in [1.807, 2.05) is 79.7 Å². The van der Waals surface area contributed by atoms with Crippen LogP contribution in [0.1, 0.15) is 12.5 Å². The van der Waals surface area contributed by atoms with E-state index in [4.69, 9.17) is 9.15 Å². The smallest absolute Gasteiger partial charge is 0.265 e. The average molecular weight is 399 g/mol. The lowest BCUT2D eigenvalue weighted by Crippen LogP contribution is -2.30. The summed E-state index contributed by atoms with van der Waals surface area (Å²) in [6.45, 7) is 3.64. The summed E-state index contributed by atoms with van der Waals surface area (Å²) in [5.74, 6) is 1.00. The highest BCUT2D eigenvalue weighted by atomic mass is 16.5. The van der Waals surface area contributed by atoms with Gasteiger partial charge in [-0.3, -0.25) is 4.79 Å². The van der Waals surface area contributed by atoms with E-state index in [9.17, 15) is 4.79 Å². The van der Waals surface area contributed by atoms with Gasteiger partial charge in [0.25, 0.3) is 11.8 Å². The van der Waals surface area contributed by atoms with Crippen molar-refractivity contribution in [1.82, 2.24) is 10.2 Å². The van der Waals surface area contributed by atoms with Crippen LogP contribution in [0.25, 0.3) is 22.9 Å². The van der Waals surface area contributed by atoms with Crippen molar-refractivity contribution in [3.63, 3.8) is 0 Å². The second-order valence-electron chi connectivity index (χ2n) is 6.84. The molecule has 6 heteroatoms. The zero-order valence-electron chi connectivity index (χ0n) is 16.7. The Morgan fingerprint density at radius 2 is 1.57 bits per heavy atom. The number of rotatable bonds is 6. The van der Waals surface area contributed by atoms with Gasteiger partial charge in [0.15, 0.2) is 6.10 Å². The number of aryl methyl sites for hydroxylation is 1. The number of benzene rings is 3. The SMILES string of the molecule is Cc1ccccc1NC(=O)[C@@H](C)Oc1ccccc1-c1nnc(-c2ccccc2)o1. The highest BCUT2D eigenvalue weighted by Gasteiger charge is 2.20. The van der Waals surface area contributed by atoms with Gasteiger partial charge in [0.05, 0.1) is 5.56 Å². The van der Waals surface area contributed by atoms with E-state index < -0.39 is 6.10 Å². The third-order valence-electron chi connectivity index (χ3n) is 4.64. The van der Waals surface area contributed by atoms with Crippen molar-refractivity contribution in [2.45, 2.75) is 20.0 Å². The van der Waals surface area contributed by atoms with E-state index in [-0.39, 0.29) is 5.91 Å². The normalized spacial score (nSPS) is 11.7. The topological polar surface area (TPSA) is 77.2 Å². The molecule has 1 atom stereocenters. The Morgan fingerprint density at radius 1 is 0.900 bits per heavy atom. The van der Waals surface area contributed by atoms with Crippen LogP contribution in [-0.4, -0.2) is 22.2 Å². The minimum atomic E-state index is -0.720. The predicted molar refractivity (Wildman–Crippen MR) is 115 cm³/mol. The summed E-state index contributed by atoms with van der Waals surface area (Å²) in [5, 5.41) is 11.2. The summed E-state index contributed by atoms with van der Waals surface area (Å²) in [6.07, 6.45) is -0.720. The van der Waals surface area contributed by atoms with E-state index in [0.29, 0.717) is 23.1 Å².